The maximum atomic E-state index is 10.9. The van der Waals surface area contributed by atoms with E-state index >= 15 is 0 Å². The smallest absolute Gasteiger partial charge is 0.255 e. The molecule has 0 aromatic carbocycles. The monoisotopic (exact) mass is 170 g/mol. The van der Waals surface area contributed by atoms with Crippen LogP contribution in [0.25, 0.3) is 0 Å². The van der Waals surface area contributed by atoms with Gasteiger partial charge in [0, 0.05) is 7.05 Å². The largest absolute Gasteiger partial charge is 0.384 e. The van der Waals surface area contributed by atoms with Crippen LogP contribution >= 0.6 is 0 Å². The molecule has 0 aliphatic carbocycles. The zero-order chi connectivity index (χ0) is 9.14. The van der Waals surface area contributed by atoms with E-state index in [1.54, 1.807) is 11.6 Å². The highest BCUT2D eigenvalue weighted by atomic mass is 16.3. The molecule has 1 atom stereocenters. The predicted molar refractivity (Wildman–Crippen MR) is 41.3 cm³/mol. The lowest BCUT2D eigenvalue weighted by Gasteiger charge is -2.04. The molecule has 0 spiro atoms. The topological polar surface area (TPSA) is 80.0 Å². The summed E-state index contributed by atoms with van der Waals surface area (Å²) in [7, 11) is 1.69. The van der Waals surface area contributed by atoms with Gasteiger partial charge in [0.05, 0.1) is 0 Å². The first-order valence-electron chi connectivity index (χ1n) is 3.44. The first-order valence-corrected chi connectivity index (χ1v) is 3.44. The van der Waals surface area contributed by atoms with E-state index in [0.717, 1.165) is 0 Å². The van der Waals surface area contributed by atoms with Crippen LogP contribution in [0.3, 0.4) is 0 Å². The molecule has 1 aromatic rings. The SMILES string of the molecule is C[C@H](O)C(=O)Nc1nncn1C. The van der Waals surface area contributed by atoms with Crippen molar-refractivity contribution in [3.8, 4) is 0 Å². The zero-order valence-corrected chi connectivity index (χ0v) is 6.85. The van der Waals surface area contributed by atoms with Crippen molar-refractivity contribution in [1.82, 2.24) is 14.8 Å². The molecule has 1 heterocycles. The second-order valence-corrected chi connectivity index (χ2v) is 2.43. The number of anilines is 1. The highest BCUT2D eigenvalue weighted by Gasteiger charge is 2.10. The number of rotatable bonds is 2. The van der Waals surface area contributed by atoms with Crippen LogP contribution in [-0.4, -0.2) is 31.9 Å². The molecule has 0 bridgehead atoms. The molecule has 1 aromatic heterocycles. The summed E-state index contributed by atoms with van der Waals surface area (Å²) >= 11 is 0. The Bertz CT molecular complexity index is 281. The first kappa shape index (κ1) is 8.66. The van der Waals surface area contributed by atoms with Crippen LogP contribution in [0.15, 0.2) is 6.33 Å². The summed E-state index contributed by atoms with van der Waals surface area (Å²) in [6.07, 6.45) is 0.416. The molecule has 0 radical (unpaired) electrons. The van der Waals surface area contributed by atoms with Gasteiger partial charge >= 0.3 is 0 Å². The highest BCUT2D eigenvalue weighted by molar-refractivity contribution is 5.92. The van der Waals surface area contributed by atoms with Crippen molar-refractivity contribution in [3.05, 3.63) is 6.33 Å². The fourth-order valence-electron chi connectivity index (χ4n) is 0.611. The van der Waals surface area contributed by atoms with Crippen molar-refractivity contribution < 1.29 is 9.90 Å². The van der Waals surface area contributed by atoms with Crippen molar-refractivity contribution in [2.75, 3.05) is 5.32 Å². The third kappa shape index (κ3) is 1.79. The summed E-state index contributed by atoms with van der Waals surface area (Å²) in [5.74, 6) is -0.174. The molecule has 6 heteroatoms. The van der Waals surface area contributed by atoms with Gasteiger partial charge in [-0.3, -0.25) is 10.1 Å². The number of aliphatic hydroxyl groups is 1. The minimum Gasteiger partial charge on any atom is -0.384 e. The average molecular weight is 170 g/mol. The maximum Gasteiger partial charge on any atom is 0.255 e. The lowest BCUT2D eigenvalue weighted by Crippen LogP contribution is -2.25. The molecule has 0 fully saturated rings. The van der Waals surface area contributed by atoms with Crippen molar-refractivity contribution in [2.24, 2.45) is 7.05 Å². The van der Waals surface area contributed by atoms with Crippen molar-refractivity contribution in [3.63, 3.8) is 0 Å². The van der Waals surface area contributed by atoms with Crippen molar-refractivity contribution in [2.45, 2.75) is 13.0 Å². The Morgan fingerprint density at radius 2 is 2.50 bits per heavy atom. The van der Waals surface area contributed by atoms with Gasteiger partial charge in [-0.25, -0.2) is 0 Å². The molecule has 66 valence electrons. The van der Waals surface area contributed by atoms with Gasteiger partial charge in [0.15, 0.2) is 0 Å². The van der Waals surface area contributed by atoms with Crippen LogP contribution in [0.2, 0.25) is 0 Å². The van der Waals surface area contributed by atoms with Crippen molar-refractivity contribution in [1.29, 1.82) is 0 Å². The van der Waals surface area contributed by atoms with Crippen LogP contribution in [0, 0.1) is 0 Å². The Balaban J connectivity index is 2.64. The summed E-state index contributed by atoms with van der Waals surface area (Å²) in [4.78, 5) is 10.9. The lowest BCUT2D eigenvalue weighted by atomic mass is 10.4. The number of hydrogen-bond donors (Lipinski definition) is 2. The number of amides is 1. The Labute approximate surface area is 69.2 Å². The fraction of sp³-hybridized carbons (Fsp3) is 0.500. The van der Waals surface area contributed by atoms with Gasteiger partial charge < -0.3 is 9.67 Å². The summed E-state index contributed by atoms with van der Waals surface area (Å²) in [5, 5.41) is 18.4. The third-order valence-corrected chi connectivity index (χ3v) is 1.33. The van der Waals surface area contributed by atoms with Crippen LogP contribution in [0.1, 0.15) is 6.92 Å². The molecule has 12 heavy (non-hydrogen) atoms. The molecule has 2 N–H and O–H groups in total. The standard InChI is InChI=1S/C6H10N4O2/c1-4(11)5(12)8-6-9-7-3-10(6)2/h3-4,11H,1-2H3,(H,8,9,12)/t4-/m0/s1. The van der Waals surface area contributed by atoms with Gasteiger partial charge in [-0.2, -0.15) is 0 Å². The summed E-state index contributed by atoms with van der Waals surface area (Å²) in [5.41, 5.74) is 0. The van der Waals surface area contributed by atoms with Crippen LogP contribution in [0.5, 0.6) is 0 Å². The Kier molecular flexibility index (Phi) is 2.39. The quantitative estimate of drug-likeness (QED) is 0.605. The van der Waals surface area contributed by atoms with E-state index in [2.05, 4.69) is 15.5 Å². The second kappa shape index (κ2) is 3.31. The van der Waals surface area contributed by atoms with Gasteiger partial charge in [-0.1, -0.05) is 0 Å². The van der Waals surface area contributed by atoms with E-state index in [9.17, 15) is 4.79 Å². The van der Waals surface area contributed by atoms with E-state index in [1.807, 2.05) is 0 Å². The van der Waals surface area contributed by atoms with Gasteiger partial charge in [0.1, 0.15) is 12.4 Å². The summed E-state index contributed by atoms with van der Waals surface area (Å²) in [6, 6.07) is 0. The van der Waals surface area contributed by atoms with E-state index in [0.29, 0.717) is 5.95 Å². The summed E-state index contributed by atoms with van der Waals surface area (Å²) < 4.78 is 1.54. The molecule has 0 aliphatic rings. The molecular formula is C6H10N4O2. The molecule has 6 nitrogen and oxygen atoms in total. The van der Waals surface area contributed by atoms with Gasteiger partial charge in [0.2, 0.25) is 5.95 Å². The molecule has 0 aliphatic heterocycles. The molecule has 0 saturated carbocycles. The van der Waals surface area contributed by atoms with E-state index in [-0.39, 0.29) is 0 Å². The summed E-state index contributed by atoms with van der Waals surface area (Å²) in [6.45, 7) is 1.38. The fourth-order valence-corrected chi connectivity index (χ4v) is 0.611. The predicted octanol–water partition coefficient (Wildman–Crippen LogP) is -0.866. The molecule has 0 unspecified atom stereocenters. The number of hydrogen-bond acceptors (Lipinski definition) is 4. The van der Waals surface area contributed by atoms with Gasteiger partial charge in [-0.05, 0) is 6.92 Å². The lowest BCUT2D eigenvalue weighted by molar-refractivity contribution is -0.123. The number of nitrogens with one attached hydrogen (secondary N) is 1. The van der Waals surface area contributed by atoms with Crippen molar-refractivity contribution >= 4 is 11.9 Å². The second-order valence-electron chi connectivity index (χ2n) is 2.43. The average Bonchev–Trinajstić information content (AvgIpc) is 2.36. The van der Waals surface area contributed by atoms with Crippen LogP contribution in [-0.2, 0) is 11.8 Å². The number of aryl methyl sites for hydroxylation is 1. The van der Waals surface area contributed by atoms with Gasteiger partial charge in [-0.15, -0.1) is 10.2 Å². The Morgan fingerprint density at radius 1 is 1.83 bits per heavy atom. The number of aromatic nitrogens is 3. The van der Waals surface area contributed by atoms with E-state index < -0.39 is 12.0 Å². The third-order valence-electron chi connectivity index (χ3n) is 1.33. The normalized spacial score (nSPS) is 12.6. The number of carbonyl (C=O) groups excluding carboxylic acids is 1. The molecular weight excluding hydrogens is 160 g/mol. The van der Waals surface area contributed by atoms with Crippen LogP contribution < -0.4 is 5.32 Å². The molecule has 1 amide bonds. The minimum atomic E-state index is -1.04. The van der Waals surface area contributed by atoms with E-state index in [4.69, 9.17) is 5.11 Å². The van der Waals surface area contributed by atoms with Gasteiger partial charge in [0.25, 0.3) is 5.91 Å². The Morgan fingerprint density at radius 3 is 2.92 bits per heavy atom. The minimum absolute atomic E-state index is 0.320. The highest BCUT2D eigenvalue weighted by Crippen LogP contribution is 1.98. The number of aliphatic hydroxyl groups excluding tert-OH is 1. The maximum absolute atomic E-state index is 10.9. The van der Waals surface area contributed by atoms with E-state index in [1.165, 1.54) is 13.3 Å². The van der Waals surface area contributed by atoms with Crippen LogP contribution in [0.4, 0.5) is 5.95 Å². The molecule has 0 saturated heterocycles. The molecule has 1 rings (SSSR count). The number of nitrogens with zero attached hydrogens (tertiary/aromatic N) is 3. The Hall–Kier alpha value is -1.43. The number of carbonyl (C=O) groups is 1. The zero-order valence-electron chi connectivity index (χ0n) is 6.85. The first-order chi connectivity index (χ1) is 5.61.